The van der Waals surface area contributed by atoms with Crippen molar-refractivity contribution in [1.82, 2.24) is 9.80 Å². The first-order chi connectivity index (χ1) is 7.75. The molecule has 0 amide bonds. The van der Waals surface area contributed by atoms with Gasteiger partial charge in [0.2, 0.25) is 0 Å². The largest absolute Gasteiger partial charge is 0.379 e. The summed E-state index contributed by atoms with van der Waals surface area (Å²) in [6.45, 7) is 7.47. The second-order valence-corrected chi connectivity index (χ2v) is 5.71. The van der Waals surface area contributed by atoms with Gasteiger partial charge in [0.05, 0.1) is 12.1 Å². The minimum atomic E-state index is -0.0677. The van der Waals surface area contributed by atoms with Gasteiger partial charge < -0.3 is 10.5 Å². The number of hydrogen-bond acceptors (Lipinski definition) is 4. The Bertz CT molecular complexity index is 241. The molecule has 1 aliphatic carbocycles. The van der Waals surface area contributed by atoms with Crippen molar-refractivity contribution in [3.05, 3.63) is 0 Å². The number of hydrogen-bond donors (Lipinski definition) is 1. The standard InChI is InChI=1S/C12H23N3O/c13-12(3-8-16-10-12)9-14-4-6-15(7-5-14)11-1-2-11/h11H,1-10,13H2. The summed E-state index contributed by atoms with van der Waals surface area (Å²) < 4.78 is 5.41. The Morgan fingerprint density at radius 3 is 2.50 bits per heavy atom. The predicted molar refractivity (Wildman–Crippen MR) is 63.4 cm³/mol. The van der Waals surface area contributed by atoms with Crippen LogP contribution in [0.2, 0.25) is 0 Å². The van der Waals surface area contributed by atoms with Gasteiger partial charge in [-0.1, -0.05) is 0 Å². The second kappa shape index (κ2) is 4.26. The highest BCUT2D eigenvalue weighted by atomic mass is 16.5. The highest BCUT2D eigenvalue weighted by molar-refractivity contribution is 4.93. The highest BCUT2D eigenvalue weighted by Crippen LogP contribution is 2.27. The molecule has 4 heteroatoms. The lowest BCUT2D eigenvalue weighted by Gasteiger charge is -2.38. The molecule has 1 unspecified atom stereocenters. The minimum Gasteiger partial charge on any atom is -0.379 e. The average Bonchev–Trinajstić information content (AvgIpc) is 3.04. The van der Waals surface area contributed by atoms with E-state index < -0.39 is 0 Å². The lowest BCUT2D eigenvalue weighted by Crippen LogP contribution is -2.56. The smallest absolute Gasteiger partial charge is 0.0659 e. The quantitative estimate of drug-likeness (QED) is 0.727. The number of nitrogens with two attached hydrogens (primary N) is 1. The number of rotatable bonds is 3. The third-order valence-electron chi connectivity index (χ3n) is 4.14. The minimum absolute atomic E-state index is 0.0677. The Morgan fingerprint density at radius 2 is 1.94 bits per heavy atom. The predicted octanol–water partition coefficient (Wildman–Crippen LogP) is -0.116. The van der Waals surface area contributed by atoms with Crippen molar-refractivity contribution < 1.29 is 4.74 Å². The van der Waals surface area contributed by atoms with Gasteiger partial charge in [-0.2, -0.15) is 0 Å². The first-order valence-corrected chi connectivity index (χ1v) is 6.58. The van der Waals surface area contributed by atoms with Crippen molar-refractivity contribution in [2.75, 3.05) is 45.9 Å². The molecule has 0 aromatic heterocycles. The first-order valence-electron chi connectivity index (χ1n) is 6.58. The van der Waals surface area contributed by atoms with Crippen molar-refractivity contribution in [1.29, 1.82) is 0 Å². The fourth-order valence-electron chi connectivity index (χ4n) is 2.92. The molecule has 92 valence electrons. The van der Waals surface area contributed by atoms with Gasteiger partial charge in [0.15, 0.2) is 0 Å². The zero-order valence-electron chi connectivity index (χ0n) is 10.0. The Labute approximate surface area is 97.7 Å². The van der Waals surface area contributed by atoms with Crippen LogP contribution in [0, 0.1) is 0 Å². The van der Waals surface area contributed by atoms with E-state index in [0.29, 0.717) is 0 Å². The van der Waals surface area contributed by atoms with Gasteiger partial charge in [0.25, 0.3) is 0 Å². The molecular formula is C12H23N3O. The Hall–Kier alpha value is -0.160. The van der Waals surface area contributed by atoms with Crippen LogP contribution in [0.15, 0.2) is 0 Å². The molecule has 0 bridgehead atoms. The van der Waals surface area contributed by atoms with E-state index in [1.807, 2.05) is 0 Å². The zero-order chi connectivity index (χ0) is 11.0. The topological polar surface area (TPSA) is 41.7 Å². The van der Waals surface area contributed by atoms with Crippen molar-refractivity contribution in [2.24, 2.45) is 5.73 Å². The van der Waals surface area contributed by atoms with E-state index in [9.17, 15) is 0 Å². The van der Waals surface area contributed by atoms with E-state index in [0.717, 1.165) is 32.2 Å². The molecule has 0 spiro atoms. The van der Waals surface area contributed by atoms with Gasteiger partial charge in [-0.15, -0.1) is 0 Å². The van der Waals surface area contributed by atoms with Crippen molar-refractivity contribution >= 4 is 0 Å². The summed E-state index contributed by atoms with van der Waals surface area (Å²) in [5.41, 5.74) is 6.25. The fourth-order valence-corrected chi connectivity index (χ4v) is 2.92. The van der Waals surface area contributed by atoms with Gasteiger partial charge in [-0.3, -0.25) is 9.80 Å². The summed E-state index contributed by atoms with van der Waals surface area (Å²) in [5.74, 6) is 0. The van der Waals surface area contributed by atoms with Crippen LogP contribution in [0.3, 0.4) is 0 Å². The Morgan fingerprint density at radius 1 is 1.19 bits per heavy atom. The third kappa shape index (κ3) is 2.40. The maximum Gasteiger partial charge on any atom is 0.0659 e. The van der Waals surface area contributed by atoms with Gasteiger partial charge in [0.1, 0.15) is 0 Å². The van der Waals surface area contributed by atoms with Crippen LogP contribution in [0.5, 0.6) is 0 Å². The van der Waals surface area contributed by atoms with Gasteiger partial charge in [-0.05, 0) is 19.3 Å². The lowest BCUT2D eigenvalue weighted by atomic mass is 9.99. The third-order valence-corrected chi connectivity index (χ3v) is 4.14. The molecule has 1 atom stereocenters. The molecule has 4 nitrogen and oxygen atoms in total. The molecule has 0 aromatic rings. The van der Waals surface area contributed by atoms with Crippen LogP contribution in [0.1, 0.15) is 19.3 Å². The fraction of sp³-hybridized carbons (Fsp3) is 1.00. The molecular weight excluding hydrogens is 202 g/mol. The Balaban J connectivity index is 1.46. The highest BCUT2D eigenvalue weighted by Gasteiger charge is 2.35. The maximum absolute atomic E-state index is 6.32. The summed E-state index contributed by atoms with van der Waals surface area (Å²) in [6, 6.07) is 0.920. The molecule has 1 saturated carbocycles. The van der Waals surface area contributed by atoms with Crippen LogP contribution in [-0.4, -0.2) is 67.3 Å². The van der Waals surface area contributed by atoms with Gasteiger partial charge in [-0.25, -0.2) is 0 Å². The number of piperazine rings is 1. The molecule has 2 saturated heterocycles. The van der Waals surface area contributed by atoms with E-state index in [-0.39, 0.29) is 5.54 Å². The van der Waals surface area contributed by atoms with Crippen LogP contribution < -0.4 is 5.73 Å². The molecule has 0 radical (unpaired) electrons. The van der Waals surface area contributed by atoms with Crippen LogP contribution in [0.25, 0.3) is 0 Å². The number of nitrogens with zero attached hydrogens (tertiary/aromatic N) is 2. The van der Waals surface area contributed by atoms with Crippen molar-refractivity contribution in [3.63, 3.8) is 0 Å². The average molecular weight is 225 g/mol. The second-order valence-electron chi connectivity index (χ2n) is 5.71. The maximum atomic E-state index is 6.32. The normalized spacial score (nSPS) is 38.1. The number of ether oxygens (including phenoxy) is 1. The van der Waals surface area contributed by atoms with E-state index in [1.165, 1.54) is 39.0 Å². The molecule has 3 fully saturated rings. The van der Waals surface area contributed by atoms with E-state index >= 15 is 0 Å². The summed E-state index contributed by atoms with van der Waals surface area (Å²) in [4.78, 5) is 5.17. The molecule has 3 rings (SSSR count). The molecule has 2 aliphatic heterocycles. The summed E-state index contributed by atoms with van der Waals surface area (Å²) in [7, 11) is 0. The molecule has 16 heavy (non-hydrogen) atoms. The van der Waals surface area contributed by atoms with E-state index in [4.69, 9.17) is 10.5 Å². The Kier molecular flexibility index (Phi) is 2.92. The van der Waals surface area contributed by atoms with E-state index in [2.05, 4.69) is 9.80 Å². The monoisotopic (exact) mass is 225 g/mol. The summed E-state index contributed by atoms with van der Waals surface area (Å²) >= 11 is 0. The van der Waals surface area contributed by atoms with Gasteiger partial charge >= 0.3 is 0 Å². The van der Waals surface area contributed by atoms with Crippen molar-refractivity contribution in [2.45, 2.75) is 30.8 Å². The van der Waals surface area contributed by atoms with Crippen LogP contribution in [-0.2, 0) is 4.74 Å². The van der Waals surface area contributed by atoms with Crippen LogP contribution >= 0.6 is 0 Å². The summed E-state index contributed by atoms with van der Waals surface area (Å²) in [5, 5.41) is 0. The lowest BCUT2D eigenvalue weighted by molar-refractivity contribution is 0.0975. The SMILES string of the molecule is NC1(CN2CCN(C3CC3)CC2)CCOC1. The zero-order valence-corrected chi connectivity index (χ0v) is 10.0. The molecule has 3 aliphatic rings. The van der Waals surface area contributed by atoms with Crippen LogP contribution in [0.4, 0.5) is 0 Å². The summed E-state index contributed by atoms with van der Waals surface area (Å²) in [6.07, 6.45) is 3.87. The van der Waals surface area contributed by atoms with Gasteiger partial charge in [0, 0.05) is 45.4 Å². The van der Waals surface area contributed by atoms with Crippen molar-refractivity contribution in [3.8, 4) is 0 Å². The van der Waals surface area contributed by atoms with E-state index in [1.54, 1.807) is 0 Å². The molecule has 2 N–H and O–H groups in total. The molecule has 2 heterocycles. The molecule has 0 aromatic carbocycles. The first kappa shape index (κ1) is 11.0.